The van der Waals surface area contributed by atoms with Crippen LogP contribution < -0.4 is 5.32 Å². The predicted octanol–water partition coefficient (Wildman–Crippen LogP) is 1.40. The van der Waals surface area contributed by atoms with E-state index in [0.29, 0.717) is 5.88 Å². The summed E-state index contributed by atoms with van der Waals surface area (Å²) in [6, 6.07) is 1.40. The Hall–Kier alpha value is -1.40. The van der Waals surface area contributed by atoms with Crippen molar-refractivity contribution in [1.29, 1.82) is 0 Å². The Morgan fingerprint density at radius 2 is 2.40 bits per heavy atom. The number of amides is 1. The fraction of sp³-hybridized carbons (Fsp3) is 0.714. The van der Waals surface area contributed by atoms with Crippen LogP contribution in [0.2, 0.25) is 0 Å². The molecular formula is C14H23N3O3. The van der Waals surface area contributed by atoms with Gasteiger partial charge in [-0.25, -0.2) is 0 Å². The standard InChI is InChI=1S/C14H23N3O3/c1-9-7-13(20-16-9)15-14(19)10(2)17(3)8-11-5-4-6-12(11)18/h7,10-12,18H,4-6,8H2,1-3H3,(H,15,19). The Balaban J connectivity index is 1.85. The Bertz CT molecular complexity index is 460. The number of aliphatic hydroxyl groups is 1. The molecule has 0 radical (unpaired) electrons. The first-order chi connectivity index (χ1) is 9.47. The van der Waals surface area contributed by atoms with Crippen LogP contribution in [0.4, 0.5) is 5.88 Å². The Morgan fingerprint density at radius 3 is 2.95 bits per heavy atom. The zero-order valence-corrected chi connectivity index (χ0v) is 12.3. The molecule has 3 unspecified atom stereocenters. The molecule has 1 aromatic rings. The number of aromatic nitrogens is 1. The van der Waals surface area contributed by atoms with Gasteiger partial charge in [-0.3, -0.25) is 15.0 Å². The molecule has 1 aromatic heterocycles. The molecule has 112 valence electrons. The van der Waals surface area contributed by atoms with Gasteiger partial charge in [0.05, 0.1) is 17.8 Å². The van der Waals surface area contributed by atoms with E-state index >= 15 is 0 Å². The molecule has 1 fully saturated rings. The van der Waals surface area contributed by atoms with Crippen LogP contribution in [-0.4, -0.2) is 46.8 Å². The van der Waals surface area contributed by atoms with E-state index in [1.807, 2.05) is 18.9 Å². The van der Waals surface area contributed by atoms with Gasteiger partial charge in [-0.1, -0.05) is 11.6 Å². The first kappa shape index (κ1) is 15.0. The van der Waals surface area contributed by atoms with Gasteiger partial charge in [-0.05, 0) is 39.7 Å². The summed E-state index contributed by atoms with van der Waals surface area (Å²) in [4.78, 5) is 14.1. The molecule has 0 spiro atoms. The minimum absolute atomic E-state index is 0.129. The number of anilines is 1. The number of aliphatic hydroxyl groups excluding tert-OH is 1. The lowest BCUT2D eigenvalue weighted by Gasteiger charge is -2.27. The molecule has 0 saturated heterocycles. The van der Waals surface area contributed by atoms with Gasteiger partial charge in [0, 0.05) is 12.6 Å². The number of hydrogen-bond donors (Lipinski definition) is 2. The van der Waals surface area contributed by atoms with Crippen LogP contribution in [0.1, 0.15) is 31.9 Å². The molecule has 2 rings (SSSR count). The first-order valence-electron chi connectivity index (χ1n) is 7.10. The largest absolute Gasteiger partial charge is 0.393 e. The smallest absolute Gasteiger partial charge is 0.243 e. The van der Waals surface area contributed by atoms with Crippen molar-refractivity contribution in [2.24, 2.45) is 5.92 Å². The molecule has 1 amide bonds. The van der Waals surface area contributed by atoms with Crippen LogP contribution in [0.3, 0.4) is 0 Å². The van der Waals surface area contributed by atoms with Gasteiger partial charge in [-0.2, -0.15) is 0 Å². The lowest BCUT2D eigenvalue weighted by molar-refractivity contribution is -0.120. The highest BCUT2D eigenvalue weighted by Crippen LogP contribution is 2.26. The average molecular weight is 281 g/mol. The van der Waals surface area contributed by atoms with Crippen LogP contribution in [0.25, 0.3) is 0 Å². The van der Waals surface area contributed by atoms with E-state index in [9.17, 15) is 9.90 Å². The maximum atomic E-state index is 12.1. The highest BCUT2D eigenvalue weighted by atomic mass is 16.5. The maximum absolute atomic E-state index is 12.1. The minimum atomic E-state index is -0.284. The van der Waals surface area contributed by atoms with Crippen LogP contribution in [0.15, 0.2) is 10.6 Å². The van der Waals surface area contributed by atoms with Crippen molar-refractivity contribution in [2.45, 2.75) is 45.3 Å². The van der Waals surface area contributed by atoms with Crippen LogP contribution in [0, 0.1) is 12.8 Å². The Labute approximate surface area is 119 Å². The molecular weight excluding hydrogens is 258 g/mol. The molecule has 1 heterocycles. The number of likely N-dealkylation sites (N-methyl/N-ethyl adjacent to an activating group) is 1. The van der Waals surface area contributed by atoms with Gasteiger partial charge >= 0.3 is 0 Å². The number of aryl methyl sites for hydroxylation is 1. The second kappa shape index (κ2) is 6.37. The molecule has 6 heteroatoms. The van der Waals surface area contributed by atoms with E-state index in [2.05, 4.69) is 10.5 Å². The lowest BCUT2D eigenvalue weighted by atomic mass is 10.0. The number of nitrogens with zero attached hydrogens (tertiary/aromatic N) is 2. The van der Waals surface area contributed by atoms with Gasteiger partial charge in [0.15, 0.2) is 0 Å². The SMILES string of the molecule is Cc1cc(NC(=O)C(C)N(C)CC2CCCC2O)on1. The summed E-state index contributed by atoms with van der Waals surface area (Å²) in [6.45, 7) is 4.38. The zero-order valence-electron chi connectivity index (χ0n) is 12.3. The summed E-state index contributed by atoms with van der Waals surface area (Å²) in [5, 5.41) is 16.3. The fourth-order valence-corrected chi connectivity index (χ4v) is 2.61. The van der Waals surface area contributed by atoms with Crippen molar-refractivity contribution >= 4 is 11.8 Å². The van der Waals surface area contributed by atoms with E-state index in [1.165, 1.54) is 0 Å². The number of rotatable bonds is 5. The summed E-state index contributed by atoms with van der Waals surface area (Å²) in [5.41, 5.74) is 0.732. The van der Waals surface area contributed by atoms with Gasteiger partial charge in [0.25, 0.3) is 0 Å². The molecule has 6 nitrogen and oxygen atoms in total. The summed E-state index contributed by atoms with van der Waals surface area (Å²) < 4.78 is 4.97. The minimum Gasteiger partial charge on any atom is -0.393 e. The summed E-state index contributed by atoms with van der Waals surface area (Å²) in [5.74, 6) is 0.507. The van der Waals surface area contributed by atoms with Crippen molar-refractivity contribution in [3.8, 4) is 0 Å². The van der Waals surface area contributed by atoms with E-state index in [1.54, 1.807) is 13.0 Å². The molecule has 1 aliphatic rings. The number of hydrogen-bond acceptors (Lipinski definition) is 5. The first-order valence-corrected chi connectivity index (χ1v) is 7.10. The summed E-state index contributed by atoms with van der Waals surface area (Å²) in [6.07, 6.45) is 2.74. The topological polar surface area (TPSA) is 78.6 Å². The fourth-order valence-electron chi connectivity index (χ4n) is 2.61. The molecule has 1 saturated carbocycles. The van der Waals surface area contributed by atoms with E-state index in [4.69, 9.17) is 4.52 Å². The van der Waals surface area contributed by atoms with Gasteiger partial charge in [-0.15, -0.1) is 0 Å². The highest BCUT2D eigenvalue weighted by Gasteiger charge is 2.29. The van der Waals surface area contributed by atoms with Crippen LogP contribution in [0.5, 0.6) is 0 Å². The molecule has 3 atom stereocenters. The van der Waals surface area contributed by atoms with Gasteiger partial charge in [0.2, 0.25) is 11.8 Å². The van der Waals surface area contributed by atoms with Crippen molar-refractivity contribution in [1.82, 2.24) is 10.1 Å². The molecule has 2 N–H and O–H groups in total. The second-order valence-electron chi connectivity index (χ2n) is 5.70. The zero-order chi connectivity index (χ0) is 14.7. The van der Waals surface area contributed by atoms with Crippen molar-refractivity contribution in [2.75, 3.05) is 18.9 Å². The molecule has 20 heavy (non-hydrogen) atoms. The maximum Gasteiger partial charge on any atom is 0.243 e. The predicted molar refractivity (Wildman–Crippen MR) is 75.3 cm³/mol. The third-order valence-electron chi connectivity index (χ3n) is 4.06. The third kappa shape index (κ3) is 3.58. The normalized spacial score (nSPS) is 24.1. The summed E-state index contributed by atoms with van der Waals surface area (Å²) >= 11 is 0. The van der Waals surface area contributed by atoms with E-state index < -0.39 is 0 Å². The number of carbonyl (C=O) groups excluding carboxylic acids is 1. The molecule has 0 aliphatic heterocycles. The van der Waals surface area contributed by atoms with Crippen molar-refractivity contribution < 1.29 is 14.4 Å². The average Bonchev–Trinajstić information content (AvgIpc) is 2.98. The van der Waals surface area contributed by atoms with E-state index in [0.717, 1.165) is 31.5 Å². The molecule has 0 aromatic carbocycles. The third-order valence-corrected chi connectivity index (χ3v) is 4.06. The molecule has 0 bridgehead atoms. The van der Waals surface area contributed by atoms with Crippen molar-refractivity contribution in [3.05, 3.63) is 11.8 Å². The Morgan fingerprint density at radius 1 is 1.65 bits per heavy atom. The van der Waals surface area contributed by atoms with Gasteiger partial charge < -0.3 is 9.63 Å². The quantitative estimate of drug-likeness (QED) is 0.853. The van der Waals surface area contributed by atoms with Crippen LogP contribution >= 0.6 is 0 Å². The Kier molecular flexibility index (Phi) is 4.77. The number of nitrogens with one attached hydrogen (secondary N) is 1. The highest BCUT2D eigenvalue weighted by molar-refractivity contribution is 5.93. The lowest BCUT2D eigenvalue weighted by Crippen LogP contribution is -2.42. The van der Waals surface area contributed by atoms with Crippen LogP contribution in [-0.2, 0) is 4.79 Å². The molecule has 1 aliphatic carbocycles. The van der Waals surface area contributed by atoms with E-state index in [-0.39, 0.29) is 24.0 Å². The summed E-state index contributed by atoms with van der Waals surface area (Å²) in [7, 11) is 1.90. The van der Waals surface area contributed by atoms with Gasteiger partial charge in [0.1, 0.15) is 0 Å². The second-order valence-corrected chi connectivity index (χ2v) is 5.70. The number of carbonyl (C=O) groups is 1. The monoisotopic (exact) mass is 281 g/mol. The van der Waals surface area contributed by atoms with Crippen molar-refractivity contribution in [3.63, 3.8) is 0 Å².